The van der Waals surface area contributed by atoms with Gasteiger partial charge in [-0.1, -0.05) is 79.7 Å². The van der Waals surface area contributed by atoms with Gasteiger partial charge in [0, 0.05) is 23.6 Å². The van der Waals surface area contributed by atoms with Crippen molar-refractivity contribution in [1.29, 1.82) is 0 Å². The van der Waals surface area contributed by atoms with Gasteiger partial charge in [0.1, 0.15) is 11.3 Å². The molecule has 11 heteroatoms. The van der Waals surface area contributed by atoms with Crippen LogP contribution in [0.15, 0.2) is 119 Å². The van der Waals surface area contributed by atoms with Crippen LogP contribution in [0.1, 0.15) is 37.5 Å². The average molecular weight is 700 g/mol. The molecule has 49 heavy (non-hydrogen) atoms. The van der Waals surface area contributed by atoms with Crippen LogP contribution in [-0.4, -0.2) is 44.0 Å². The summed E-state index contributed by atoms with van der Waals surface area (Å²) in [6, 6.07) is 31.6. The molecule has 4 aromatic carbocycles. The van der Waals surface area contributed by atoms with Crippen molar-refractivity contribution in [3.63, 3.8) is 0 Å². The number of hydrogen-bond acceptors (Lipinski definition) is 7. The first kappa shape index (κ1) is 34.2. The number of allylic oxidation sites excluding steroid dienone is 2. The predicted molar refractivity (Wildman–Crippen MR) is 194 cm³/mol. The molecule has 0 aliphatic carbocycles. The van der Waals surface area contributed by atoms with Crippen molar-refractivity contribution in [2.45, 2.75) is 32.6 Å². The van der Waals surface area contributed by atoms with E-state index in [0.717, 1.165) is 44.5 Å². The van der Waals surface area contributed by atoms with E-state index in [-0.39, 0.29) is 25.1 Å². The van der Waals surface area contributed by atoms with Crippen molar-refractivity contribution in [3.8, 4) is 28.0 Å². The molecule has 2 heterocycles. The average Bonchev–Trinajstić information content (AvgIpc) is 3.60. The SMILES string of the molecule is CCC(/C=C1\Oc2ccc(-c3ccccc3)cc2N1CCCS(=O)(=O)O)=C\c1oc2ccc(-c3ccccc3)cc2c1CCCS(=O)(=O)O. The zero-order valence-corrected chi connectivity index (χ0v) is 28.6. The Balaban J connectivity index is 1.39. The van der Waals surface area contributed by atoms with Gasteiger partial charge in [-0.2, -0.15) is 16.8 Å². The minimum atomic E-state index is -4.15. The Labute approximate surface area is 286 Å². The molecule has 5 aromatic rings. The third kappa shape index (κ3) is 8.49. The molecule has 0 amide bonds. The van der Waals surface area contributed by atoms with Crippen LogP contribution in [0.2, 0.25) is 0 Å². The van der Waals surface area contributed by atoms with Crippen molar-refractivity contribution >= 4 is 43.0 Å². The van der Waals surface area contributed by atoms with E-state index in [1.54, 1.807) is 0 Å². The van der Waals surface area contributed by atoms with E-state index in [4.69, 9.17) is 9.15 Å². The fourth-order valence-electron chi connectivity index (χ4n) is 6.01. The van der Waals surface area contributed by atoms with Crippen LogP contribution in [-0.2, 0) is 26.7 Å². The molecule has 254 valence electrons. The fourth-order valence-corrected chi connectivity index (χ4v) is 7.01. The van der Waals surface area contributed by atoms with Crippen LogP contribution >= 0.6 is 0 Å². The van der Waals surface area contributed by atoms with Gasteiger partial charge in [-0.3, -0.25) is 9.11 Å². The molecular weight excluding hydrogens is 663 g/mol. The van der Waals surface area contributed by atoms with E-state index >= 15 is 0 Å². The molecular formula is C38H37NO8S2. The van der Waals surface area contributed by atoms with Crippen LogP contribution < -0.4 is 9.64 Å². The van der Waals surface area contributed by atoms with E-state index in [9.17, 15) is 25.9 Å². The minimum Gasteiger partial charge on any atom is -0.456 e. The Morgan fingerprint density at radius 1 is 0.755 bits per heavy atom. The maximum atomic E-state index is 11.6. The summed E-state index contributed by atoms with van der Waals surface area (Å²) in [6.07, 6.45) is 5.13. The molecule has 1 aromatic heterocycles. The van der Waals surface area contributed by atoms with Gasteiger partial charge in [0.05, 0.1) is 17.2 Å². The molecule has 0 spiro atoms. The zero-order chi connectivity index (χ0) is 34.6. The molecule has 2 N–H and O–H groups in total. The van der Waals surface area contributed by atoms with Gasteiger partial charge in [0.25, 0.3) is 20.2 Å². The Morgan fingerprint density at radius 3 is 2.00 bits per heavy atom. The van der Waals surface area contributed by atoms with E-state index < -0.39 is 26.0 Å². The number of hydrogen-bond donors (Lipinski definition) is 2. The maximum absolute atomic E-state index is 11.6. The van der Waals surface area contributed by atoms with Crippen LogP contribution in [0.5, 0.6) is 5.75 Å². The lowest BCUT2D eigenvalue weighted by Gasteiger charge is -2.19. The molecule has 1 aliphatic rings. The lowest BCUT2D eigenvalue weighted by molar-refractivity contribution is 0.436. The summed E-state index contributed by atoms with van der Waals surface area (Å²) in [5.74, 6) is 0.929. The Kier molecular flexibility index (Phi) is 10.1. The topological polar surface area (TPSA) is 134 Å². The Hall–Kier alpha value is -4.68. The predicted octanol–water partition coefficient (Wildman–Crippen LogP) is 8.40. The number of nitrogens with zero attached hydrogens (tertiary/aromatic N) is 1. The van der Waals surface area contributed by atoms with Crippen LogP contribution in [0.25, 0.3) is 39.3 Å². The number of aryl methyl sites for hydroxylation is 1. The number of anilines is 1. The van der Waals surface area contributed by atoms with Gasteiger partial charge in [-0.05, 0) is 83.9 Å². The molecule has 9 nitrogen and oxygen atoms in total. The largest absolute Gasteiger partial charge is 0.456 e. The second-order valence-corrected chi connectivity index (χ2v) is 15.1. The number of ether oxygens (including phenoxy) is 1. The number of furan rings is 1. The summed E-state index contributed by atoms with van der Waals surface area (Å²) in [5, 5.41) is 0.857. The summed E-state index contributed by atoms with van der Waals surface area (Å²) in [4.78, 5) is 1.91. The fraction of sp³-hybridized carbons (Fsp3) is 0.211. The first-order chi connectivity index (χ1) is 23.5. The van der Waals surface area contributed by atoms with Crippen LogP contribution in [0.4, 0.5) is 5.69 Å². The number of benzene rings is 4. The molecule has 0 atom stereocenters. The molecule has 6 rings (SSSR count). The second kappa shape index (κ2) is 14.4. The van der Waals surface area contributed by atoms with Crippen molar-refractivity contribution in [1.82, 2.24) is 0 Å². The smallest absolute Gasteiger partial charge is 0.264 e. The Morgan fingerprint density at radius 2 is 1.37 bits per heavy atom. The van der Waals surface area contributed by atoms with E-state index in [0.29, 0.717) is 35.8 Å². The van der Waals surface area contributed by atoms with E-state index in [1.165, 1.54) is 0 Å². The molecule has 0 unspecified atom stereocenters. The lowest BCUT2D eigenvalue weighted by atomic mass is 9.99. The summed E-state index contributed by atoms with van der Waals surface area (Å²) in [7, 11) is -8.29. The highest BCUT2D eigenvalue weighted by atomic mass is 32.2. The van der Waals surface area contributed by atoms with E-state index in [2.05, 4.69) is 0 Å². The highest BCUT2D eigenvalue weighted by Gasteiger charge is 2.27. The standard InChI is InChI=1S/C38H37NO8S2/c1-2-27(23-37-32(15-9-21-48(40,41)42)33-25-30(16-18-35(33)46-37)28-11-5-3-6-12-28)24-38-39(20-10-22-49(43,44)45)34-26-31(17-19-36(34)47-38)29-13-7-4-8-14-29/h3-8,11-14,16-19,23-26H,2,9-10,15,20-22H2,1H3,(H,40,41,42)(H,43,44,45)/b27-23+,38-24-. The monoisotopic (exact) mass is 699 g/mol. The van der Waals surface area contributed by atoms with Crippen molar-refractivity contribution in [3.05, 3.63) is 126 Å². The van der Waals surface area contributed by atoms with Crippen LogP contribution in [0.3, 0.4) is 0 Å². The zero-order valence-electron chi connectivity index (χ0n) is 26.9. The molecule has 1 aliphatic heterocycles. The van der Waals surface area contributed by atoms with E-state index in [1.807, 2.05) is 121 Å². The van der Waals surface area contributed by atoms with Crippen molar-refractivity contribution in [2.24, 2.45) is 0 Å². The summed E-state index contributed by atoms with van der Waals surface area (Å²) in [5.41, 5.74) is 7.14. The lowest BCUT2D eigenvalue weighted by Crippen LogP contribution is -2.23. The minimum absolute atomic E-state index is 0.172. The number of rotatable bonds is 13. The summed E-state index contributed by atoms with van der Waals surface area (Å²) in [6.45, 7) is 2.27. The van der Waals surface area contributed by atoms with Crippen LogP contribution in [0, 0.1) is 0 Å². The van der Waals surface area contributed by atoms with Gasteiger partial charge in [-0.25, -0.2) is 0 Å². The number of fused-ring (bicyclic) bond motifs is 2. The van der Waals surface area contributed by atoms with Gasteiger partial charge in [0.2, 0.25) is 5.88 Å². The highest BCUT2D eigenvalue weighted by molar-refractivity contribution is 7.86. The first-order valence-corrected chi connectivity index (χ1v) is 19.3. The maximum Gasteiger partial charge on any atom is 0.264 e. The van der Waals surface area contributed by atoms with Crippen molar-refractivity contribution in [2.75, 3.05) is 23.0 Å². The quantitative estimate of drug-likeness (QED) is 0.116. The molecule has 0 saturated heterocycles. The molecule has 0 radical (unpaired) electrons. The van der Waals surface area contributed by atoms with Gasteiger partial charge in [0.15, 0.2) is 5.75 Å². The van der Waals surface area contributed by atoms with Crippen molar-refractivity contribution < 1.29 is 35.1 Å². The molecule has 0 fully saturated rings. The highest BCUT2D eigenvalue weighted by Crippen LogP contribution is 2.42. The summed E-state index contributed by atoms with van der Waals surface area (Å²) >= 11 is 0. The van der Waals surface area contributed by atoms with Gasteiger partial charge in [-0.15, -0.1) is 0 Å². The normalized spacial score (nSPS) is 14.4. The summed E-state index contributed by atoms with van der Waals surface area (Å²) < 4.78 is 77.8. The Bertz CT molecular complexity index is 2240. The molecule has 0 saturated carbocycles. The third-order valence-corrected chi connectivity index (χ3v) is 10.0. The van der Waals surface area contributed by atoms with Gasteiger partial charge < -0.3 is 14.1 Å². The third-order valence-electron chi connectivity index (χ3n) is 8.41. The second-order valence-electron chi connectivity index (χ2n) is 11.9. The first-order valence-electron chi connectivity index (χ1n) is 16.1. The molecule has 0 bridgehead atoms. The van der Waals surface area contributed by atoms with Gasteiger partial charge >= 0.3 is 0 Å².